The van der Waals surface area contributed by atoms with E-state index in [9.17, 15) is 9.59 Å². The van der Waals surface area contributed by atoms with Crippen molar-refractivity contribution in [1.82, 2.24) is 14.5 Å². The molecule has 0 N–H and O–H groups in total. The number of hydrogen-bond donors (Lipinski definition) is 0. The summed E-state index contributed by atoms with van der Waals surface area (Å²) in [6, 6.07) is 8.29. The maximum absolute atomic E-state index is 13.1. The minimum Gasteiger partial charge on any atom is -0.337 e. The van der Waals surface area contributed by atoms with Crippen LogP contribution in [0, 0.1) is 0 Å². The van der Waals surface area contributed by atoms with Crippen molar-refractivity contribution in [2.75, 3.05) is 5.75 Å². The molecule has 0 spiro atoms. The van der Waals surface area contributed by atoms with E-state index in [2.05, 4.69) is 18.7 Å². The molecule has 0 saturated heterocycles. The predicted octanol–water partition coefficient (Wildman–Crippen LogP) is 4.39. The van der Waals surface area contributed by atoms with Crippen LogP contribution in [0.5, 0.6) is 0 Å². The van der Waals surface area contributed by atoms with Crippen molar-refractivity contribution in [2.24, 2.45) is 0 Å². The van der Waals surface area contributed by atoms with Crippen LogP contribution in [-0.4, -0.2) is 38.2 Å². The van der Waals surface area contributed by atoms with Crippen LogP contribution in [0.2, 0.25) is 0 Å². The first-order valence-electron chi connectivity index (χ1n) is 10.5. The number of aromatic nitrogens is 2. The zero-order valence-corrected chi connectivity index (χ0v) is 17.6. The molecule has 4 rings (SSSR count). The summed E-state index contributed by atoms with van der Waals surface area (Å²) in [5.41, 5.74) is 0.739. The Bertz CT molecular complexity index is 914. The molecule has 1 aromatic heterocycles. The molecule has 6 heteroatoms. The molecule has 1 aromatic carbocycles. The number of thioether (sulfide) groups is 1. The first-order valence-corrected chi connectivity index (χ1v) is 11.5. The van der Waals surface area contributed by atoms with Crippen molar-refractivity contribution >= 4 is 28.6 Å². The minimum atomic E-state index is 0.0241. The lowest BCUT2D eigenvalue weighted by molar-refractivity contribution is -0.133. The number of fused-ring (bicyclic) bond motifs is 1. The third-order valence-corrected chi connectivity index (χ3v) is 6.76. The highest BCUT2D eigenvalue weighted by atomic mass is 32.2. The average Bonchev–Trinajstić information content (AvgIpc) is 3.52. The van der Waals surface area contributed by atoms with Crippen LogP contribution in [0.4, 0.5) is 0 Å². The van der Waals surface area contributed by atoms with Gasteiger partial charge in [0, 0.05) is 18.1 Å². The lowest BCUT2D eigenvalue weighted by Crippen LogP contribution is -2.46. The number of nitrogens with zero attached hydrogens (tertiary/aromatic N) is 3. The summed E-state index contributed by atoms with van der Waals surface area (Å²) in [7, 11) is 0. The monoisotopic (exact) mass is 399 g/mol. The van der Waals surface area contributed by atoms with Crippen LogP contribution in [0.3, 0.4) is 0 Å². The van der Waals surface area contributed by atoms with Gasteiger partial charge in [0.15, 0.2) is 5.16 Å². The molecule has 2 aliphatic rings. The molecule has 0 bridgehead atoms. The second kappa shape index (κ2) is 8.27. The van der Waals surface area contributed by atoms with Crippen LogP contribution in [0.15, 0.2) is 34.2 Å². The van der Waals surface area contributed by atoms with Gasteiger partial charge >= 0.3 is 0 Å². The van der Waals surface area contributed by atoms with Crippen LogP contribution in [0.25, 0.3) is 10.9 Å². The smallest absolute Gasteiger partial charge is 0.262 e. The maximum Gasteiger partial charge on any atom is 0.262 e. The van der Waals surface area contributed by atoms with Crippen molar-refractivity contribution in [3.63, 3.8) is 0 Å². The van der Waals surface area contributed by atoms with Gasteiger partial charge in [0.2, 0.25) is 5.91 Å². The molecule has 1 amide bonds. The first kappa shape index (κ1) is 19.5. The summed E-state index contributed by atoms with van der Waals surface area (Å²) in [5.74, 6) is 0.503. The fourth-order valence-corrected chi connectivity index (χ4v) is 5.29. The van der Waals surface area contributed by atoms with Crippen molar-refractivity contribution in [3.8, 4) is 0 Å². The van der Waals surface area contributed by atoms with E-state index >= 15 is 0 Å². The minimum absolute atomic E-state index is 0.0241. The number of carbonyl (C=O) groups excluding carboxylic acids is 1. The zero-order valence-electron chi connectivity index (χ0n) is 16.8. The molecule has 2 aromatic rings. The van der Waals surface area contributed by atoms with Crippen molar-refractivity contribution in [3.05, 3.63) is 34.6 Å². The van der Waals surface area contributed by atoms with E-state index in [-0.39, 0.29) is 23.6 Å². The molecule has 2 fully saturated rings. The highest BCUT2D eigenvalue weighted by Gasteiger charge is 2.30. The largest absolute Gasteiger partial charge is 0.337 e. The third-order valence-electron chi connectivity index (χ3n) is 5.82. The molecular weight excluding hydrogens is 370 g/mol. The van der Waals surface area contributed by atoms with E-state index in [4.69, 9.17) is 4.98 Å². The van der Waals surface area contributed by atoms with Crippen LogP contribution in [0.1, 0.15) is 64.8 Å². The van der Waals surface area contributed by atoms with Gasteiger partial charge in [-0.1, -0.05) is 43.2 Å². The Balaban J connectivity index is 1.57. The Morgan fingerprint density at radius 1 is 1.18 bits per heavy atom. The molecule has 150 valence electrons. The zero-order chi connectivity index (χ0) is 19.7. The molecule has 0 radical (unpaired) electrons. The van der Waals surface area contributed by atoms with Gasteiger partial charge in [-0.25, -0.2) is 4.98 Å². The Hall–Kier alpha value is -1.82. The van der Waals surface area contributed by atoms with E-state index in [1.54, 1.807) is 0 Å². The maximum atomic E-state index is 13.1. The third kappa shape index (κ3) is 3.97. The molecule has 0 atom stereocenters. The van der Waals surface area contributed by atoms with E-state index in [1.165, 1.54) is 31.0 Å². The highest BCUT2D eigenvalue weighted by molar-refractivity contribution is 7.99. The number of amides is 1. The SMILES string of the molecule is CC(C)N(C(=O)CSc1nc2ccccc2c(=O)n1C1CC1)C1CCCCC1. The summed E-state index contributed by atoms with van der Waals surface area (Å²) in [6.07, 6.45) is 7.94. The van der Waals surface area contributed by atoms with Crippen LogP contribution < -0.4 is 5.56 Å². The van der Waals surface area contributed by atoms with Crippen molar-refractivity contribution in [2.45, 2.75) is 82.1 Å². The summed E-state index contributed by atoms with van der Waals surface area (Å²) in [6.45, 7) is 4.21. The van der Waals surface area contributed by atoms with Gasteiger partial charge in [0.1, 0.15) is 0 Å². The Kier molecular flexibility index (Phi) is 5.76. The average molecular weight is 400 g/mol. The molecular formula is C22H29N3O2S. The Labute approximate surface area is 170 Å². The van der Waals surface area contributed by atoms with Gasteiger partial charge in [-0.05, 0) is 51.7 Å². The lowest BCUT2D eigenvalue weighted by atomic mass is 9.93. The molecule has 0 aliphatic heterocycles. The summed E-state index contributed by atoms with van der Waals surface area (Å²) < 4.78 is 1.82. The number of benzene rings is 1. The Morgan fingerprint density at radius 2 is 1.89 bits per heavy atom. The molecule has 0 unspecified atom stereocenters. The van der Waals surface area contributed by atoms with Gasteiger partial charge in [-0.3, -0.25) is 14.2 Å². The second-order valence-corrected chi connectivity index (χ2v) is 9.24. The normalized spacial score (nSPS) is 18.0. The topological polar surface area (TPSA) is 55.2 Å². The van der Waals surface area contributed by atoms with Gasteiger partial charge in [0.05, 0.1) is 16.7 Å². The quantitative estimate of drug-likeness (QED) is 0.534. The predicted molar refractivity (Wildman–Crippen MR) is 114 cm³/mol. The van der Waals surface area contributed by atoms with Crippen molar-refractivity contribution in [1.29, 1.82) is 0 Å². The number of para-hydroxylation sites is 1. The summed E-state index contributed by atoms with van der Waals surface area (Å²) in [5, 5.41) is 1.35. The first-order chi connectivity index (χ1) is 13.6. The summed E-state index contributed by atoms with van der Waals surface area (Å²) >= 11 is 1.42. The lowest BCUT2D eigenvalue weighted by Gasteiger charge is -2.37. The van der Waals surface area contributed by atoms with E-state index < -0.39 is 0 Å². The molecule has 28 heavy (non-hydrogen) atoms. The van der Waals surface area contributed by atoms with E-state index in [0.717, 1.165) is 25.7 Å². The van der Waals surface area contributed by atoms with Crippen LogP contribution in [-0.2, 0) is 4.79 Å². The second-order valence-electron chi connectivity index (χ2n) is 8.29. The van der Waals surface area contributed by atoms with Gasteiger partial charge in [-0.15, -0.1) is 0 Å². The van der Waals surface area contributed by atoms with Gasteiger partial charge < -0.3 is 4.90 Å². The van der Waals surface area contributed by atoms with Gasteiger partial charge in [0.25, 0.3) is 5.56 Å². The molecule has 1 heterocycles. The highest BCUT2D eigenvalue weighted by Crippen LogP contribution is 2.37. The van der Waals surface area contributed by atoms with Crippen LogP contribution >= 0.6 is 11.8 Å². The fraction of sp³-hybridized carbons (Fsp3) is 0.591. The number of hydrogen-bond acceptors (Lipinski definition) is 4. The Morgan fingerprint density at radius 3 is 2.57 bits per heavy atom. The molecule has 2 aliphatic carbocycles. The van der Waals surface area contributed by atoms with Crippen molar-refractivity contribution < 1.29 is 4.79 Å². The fourth-order valence-electron chi connectivity index (χ4n) is 4.36. The standard InChI is InChI=1S/C22H29N3O2S/c1-15(2)24(16-8-4-3-5-9-16)20(26)14-28-22-23-19-11-7-6-10-18(19)21(27)25(22)17-12-13-17/h6-7,10-11,15-17H,3-5,8-9,12-14H2,1-2H3. The summed E-state index contributed by atoms with van der Waals surface area (Å²) in [4.78, 5) is 32.9. The number of carbonyl (C=O) groups is 1. The molecule has 2 saturated carbocycles. The van der Waals surface area contributed by atoms with Gasteiger partial charge in [-0.2, -0.15) is 0 Å². The number of rotatable bonds is 6. The molecule has 5 nitrogen and oxygen atoms in total. The van der Waals surface area contributed by atoms with E-state index in [0.29, 0.717) is 27.9 Å². The van der Waals surface area contributed by atoms with E-state index in [1.807, 2.05) is 28.8 Å².